The van der Waals surface area contributed by atoms with Crippen molar-refractivity contribution in [3.8, 4) is 0 Å². The number of ether oxygens (including phenoxy) is 1. The van der Waals surface area contributed by atoms with Crippen LogP contribution in [-0.4, -0.2) is 17.1 Å². The Labute approximate surface area is 94.7 Å². The highest BCUT2D eigenvalue weighted by molar-refractivity contribution is 5.50. The van der Waals surface area contributed by atoms with E-state index in [0.717, 1.165) is 23.5 Å². The van der Waals surface area contributed by atoms with Gasteiger partial charge in [0.1, 0.15) is 0 Å². The monoisotopic (exact) mass is 217 g/mol. The number of H-pyrrole nitrogens is 1. The number of rotatable bonds is 5. The van der Waals surface area contributed by atoms with Gasteiger partial charge in [0, 0.05) is 24.6 Å². The minimum Gasteiger partial charge on any atom is -0.380 e. The van der Waals surface area contributed by atoms with Crippen LogP contribution in [0.15, 0.2) is 36.8 Å². The van der Waals surface area contributed by atoms with Crippen molar-refractivity contribution in [1.29, 1.82) is 0 Å². The number of hydrogen-bond donors (Lipinski definition) is 2. The minimum absolute atomic E-state index is 0.617. The van der Waals surface area contributed by atoms with Crippen LogP contribution in [0.4, 0.5) is 5.69 Å². The number of aromatic nitrogens is 2. The Hall–Kier alpha value is -1.81. The summed E-state index contributed by atoms with van der Waals surface area (Å²) >= 11 is 0. The normalized spacial score (nSPS) is 10.3. The number of nitrogens with zero attached hydrogens (tertiary/aromatic N) is 1. The molecule has 2 aromatic rings. The molecule has 0 fully saturated rings. The average molecular weight is 217 g/mol. The summed E-state index contributed by atoms with van der Waals surface area (Å²) in [5, 5.41) is 3.35. The molecule has 0 saturated heterocycles. The van der Waals surface area contributed by atoms with Gasteiger partial charge >= 0.3 is 0 Å². The second-order valence-corrected chi connectivity index (χ2v) is 3.52. The second kappa shape index (κ2) is 5.32. The van der Waals surface area contributed by atoms with Crippen molar-refractivity contribution in [2.24, 2.45) is 0 Å². The summed E-state index contributed by atoms with van der Waals surface area (Å²) < 4.78 is 5.15. The lowest BCUT2D eigenvalue weighted by Gasteiger charge is -2.10. The zero-order valence-corrected chi connectivity index (χ0v) is 9.23. The summed E-state index contributed by atoms with van der Waals surface area (Å²) in [6, 6.07) is 8.12. The van der Waals surface area contributed by atoms with E-state index in [1.54, 1.807) is 13.4 Å². The van der Waals surface area contributed by atoms with Crippen LogP contribution in [0.2, 0.25) is 0 Å². The van der Waals surface area contributed by atoms with Crippen molar-refractivity contribution in [3.63, 3.8) is 0 Å². The molecular formula is C12H15N3O. The predicted octanol–water partition coefficient (Wildman–Crippen LogP) is 2.17. The number of nitrogens with one attached hydrogen (secondary N) is 2. The summed E-state index contributed by atoms with van der Waals surface area (Å²) in [6.45, 7) is 1.35. The summed E-state index contributed by atoms with van der Waals surface area (Å²) in [4.78, 5) is 7.03. The molecule has 1 aromatic heterocycles. The molecule has 1 aromatic carbocycles. The number of para-hydroxylation sites is 1. The Morgan fingerprint density at radius 3 is 3.00 bits per heavy atom. The van der Waals surface area contributed by atoms with Gasteiger partial charge in [-0.1, -0.05) is 18.2 Å². The molecule has 2 rings (SSSR count). The van der Waals surface area contributed by atoms with Crippen molar-refractivity contribution in [1.82, 2.24) is 9.97 Å². The lowest BCUT2D eigenvalue weighted by atomic mass is 10.2. The van der Waals surface area contributed by atoms with Crippen LogP contribution in [-0.2, 0) is 17.9 Å². The lowest BCUT2D eigenvalue weighted by Crippen LogP contribution is -2.03. The fourth-order valence-electron chi connectivity index (χ4n) is 1.55. The molecule has 0 aliphatic rings. The van der Waals surface area contributed by atoms with Gasteiger partial charge in [0.15, 0.2) is 0 Å². The fraction of sp³-hybridized carbons (Fsp3) is 0.250. The number of anilines is 1. The highest BCUT2D eigenvalue weighted by Crippen LogP contribution is 2.16. The third-order valence-electron chi connectivity index (χ3n) is 2.34. The third-order valence-corrected chi connectivity index (χ3v) is 2.34. The fourth-order valence-corrected chi connectivity index (χ4v) is 1.55. The molecule has 16 heavy (non-hydrogen) atoms. The average Bonchev–Trinajstić information content (AvgIpc) is 2.81. The zero-order valence-electron chi connectivity index (χ0n) is 9.23. The summed E-state index contributed by atoms with van der Waals surface area (Å²) in [6.07, 6.45) is 3.49. The maximum absolute atomic E-state index is 5.15. The molecule has 4 heteroatoms. The Balaban J connectivity index is 2.03. The molecule has 0 unspecified atom stereocenters. The Kier molecular flexibility index (Phi) is 3.56. The smallest absolute Gasteiger partial charge is 0.0922 e. The first-order chi connectivity index (χ1) is 7.90. The van der Waals surface area contributed by atoms with Crippen molar-refractivity contribution in [2.75, 3.05) is 12.4 Å². The van der Waals surface area contributed by atoms with Gasteiger partial charge < -0.3 is 15.0 Å². The van der Waals surface area contributed by atoms with E-state index in [2.05, 4.69) is 21.4 Å². The van der Waals surface area contributed by atoms with Gasteiger partial charge in [-0.15, -0.1) is 0 Å². The molecular weight excluding hydrogens is 202 g/mol. The molecule has 0 radical (unpaired) electrons. The molecule has 0 saturated carbocycles. The van der Waals surface area contributed by atoms with Gasteiger partial charge in [-0.2, -0.15) is 0 Å². The quantitative estimate of drug-likeness (QED) is 0.807. The van der Waals surface area contributed by atoms with E-state index in [0.29, 0.717) is 6.61 Å². The SMILES string of the molecule is COCc1ccccc1NCc1cnc[nH]1. The van der Waals surface area contributed by atoms with Gasteiger partial charge in [0.25, 0.3) is 0 Å². The van der Waals surface area contributed by atoms with E-state index in [1.165, 1.54) is 0 Å². The van der Waals surface area contributed by atoms with Gasteiger partial charge in [-0.05, 0) is 6.07 Å². The van der Waals surface area contributed by atoms with Crippen molar-refractivity contribution < 1.29 is 4.74 Å². The Morgan fingerprint density at radius 2 is 2.25 bits per heavy atom. The molecule has 0 aliphatic heterocycles. The molecule has 0 atom stereocenters. The molecule has 4 nitrogen and oxygen atoms in total. The molecule has 0 aliphatic carbocycles. The van der Waals surface area contributed by atoms with Gasteiger partial charge in [-0.25, -0.2) is 4.98 Å². The third kappa shape index (κ3) is 2.61. The van der Waals surface area contributed by atoms with Gasteiger partial charge in [0.2, 0.25) is 0 Å². The largest absolute Gasteiger partial charge is 0.380 e. The topological polar surface area (TPSA) is 49.9 Å². The number of aromatic amines is 1. The second-order valence-electron chi connectivity index (χ2n) is 3.52. The number of benzene rings is 1. The summed E-state index contributed by atoms with van der Waals surface area (Å²) in [5.41, 5.74) is 3.32. The van der Waals surface area contributed by atoms with E-state index < -0.39 is 0 Å². The molecule has 2 N–H and O–H groups in total. The van der Waals surface area contributed by atoms with Crippen molar-refractivity contribution in [2.45, 2.75) is 13.2 Å². The molecule has 0 spiro atoms. The van der Waals surface area contributed by atoms with Gasteiger partial charge in [0.05, 0.1) is 25.2 Å². The van der Waals surface area contributed by atoms with E-state index in [4.69, 9.17) is 4.74 Å². The maximum Gasteiger partial charge on any atom is 0.0922 e. The van der Waals surface area contributed by atoms with Crippen LogP contribution in [0.25, 0.3) is 0 Å². The molecule has 0 bridgehead atoms. The molecule has 84 valence electrons. The number of methoxy groups -OCH3 is 1. The van der Waals surface area contributed by atoms with Crippen LogP contribution >= 0.6 is 0 Å². The summed E-state index contributed by atoms with van der Waals surface area (Å²) in [5.74, 6) is 0. The van der Waals surface area contributed by atoms with E-state index in [1.807, 2.05) is 24.4 Å². The van der Waals surface area contributed by atoms with E-state index in [9.17, 15) is 0 Å². The standard InChI is InChI=1S/C12H15N3O/c1-16-8-10-4-2-3-5-12(10)14-7-11-6-13-9-15-11/h2-6,9,14H,7-8H2,1H3,(H,13,15). The van der Waals surface area contributed by atoms with Gasteiger partial charge in [-0.3, -0.25) is 0 Å². The molecule has 1 heterocycles. The first kappa shape index (κ1) is 10.7. The lowest BCUT2D eigenvalue weighted by molar-refractivity contribution is 0.185. The number of imidazole rings is 1. The highest BCUT2D eigenvalue weighted by atomic mass is 16.5. The molecule has 0 amide bonds. The Bertz CT molecular complexity index is 426. The first-order valence-electron chi connectivity index (χ1n) is 5.18. The zero-order chi connectivity index (χ0) is 11.2. The first-order valence-corrected chi connectivity index (χ1v) is 5.18. The van der Waals surface area contributed by atoms with Crippen LogP contribution < -0.4 is 5.32 Å². The van der Waals surface area contributed by atoms with Crippen LogP contribution in [0, 0.1) is 0 Å². The predicted molar refractivity (Wildman–Crippen MR) is 63.1 cm³/mol. The summed E-state index contributed by atoms with van der Waals surface area (Å²) in [7, 11) is 1.70. The highest BCUT2D eigenvalue weighted by Gasteiger charge is 2.01. The van der Waals surface area contributed by atoms with Crippen LogP contribution in [0.3, 0.4) is 0 Å². The Morgan fingerprint density at radius 1 is 1.38 bits per heavy atom. The van der Waals surface area contributed by atoms with Crippen LogP contribution in [0.5, 0.6) is 0 Å². The van der Waals surface area contributed by atoms with Crippen molar-refractivity contribution in [3.05, 3.63) is 48.0 Å². The van der Waals surface area contributed by atoms with Crippen LogP contribution in [0.1, 0.15) is 11.3 Å². The number of hydrogen-bond acceptors (Lipinski definition) is 3. The van der Waals surface area contributed by atoms with E-state index >= 15 is 0 Å². The van der Waals surface area contributed by atoms with Crippen molar-refractivity contribution >= 4 is 5.69 Å². The van der Waals surface area contributed by atoms with E-state index in [-0.39, 0.29) is 0 Å². The maximum atomic E-state index is 5.15. The minimum atomic E-state index is 0.617.